The molecule has 0 spiro atoms. The highest BCUT2D eigenvalue weighted by Gasteiger charge is 2.11. The number of nitrogens with zero attached hydrogens (tertiary/aromatic N) is 4. The van der Waals surface area contributed by atoms with Crippen molar-refractivity contribution in [3.05, 3.63) is 83.2 Å². The van der Waals surface area contributed by atoms with Crippen LogP contribution >= 0.6 is 0 Å². The molecular formula is C26H32N6O2. The number of aromatic nitrogens is 2. The van der Waals surface area contributed by atoms with Gasteiger partial charge in [-0.25, -0.2) is 9.97 Å². The summed E-state index contributed by atoms with van der Waals surface area (Å²) in [4.78, 5) is 36.9. The van der Waals surface area contributed by atoms with E-state index in [2.05, 4.69) is 26.7 Å². The van der Waals surface area contributed by atoms with Gasteiger partial charge in [0.15, 0.2) is 0 Å². The third-order valence-electron chi connectivity index (χ3n) is 5.09. The van der Waals surface area contributed by atoms with E-state index in [9.17, 15) is 9.59 Å². The molecule has 0 atom stereocenters. The molecule has 0 aliphatic carbocycles. The van der Waals surface area contributed by atoms with Gasteiger partial charge in [-0.1, -0.05) is 24.3 Å². The van der Waals surface area contributed by atoms with Crippen molar-refractivity contribution in [2.75, 3.05) is 37.8 Å². The number of nitrogens with one attached hydrogen (secondary N) is 2. The van der Waals surface area contributed by atoms with E-state index in [0.29, 0.717) is 24.7 Å². The third-order valence-corrected chi connectivity index (χ3v) is 5.09. The van der Waals surface area contributed by atoms with E-state index in [0.717, 1.165) is 22.3 Å². The molecule has 8 nitrogen and oxygen atoms in total. The summed E-state index contributed by atoms with van der Waals surface area (Å²) in [5.41, 5.74) is 4.29. The van der Waals surface area contributed by atoms with Crippen LogP contribution < -0.4 is 10.6 Å². The number of aryl methyl sites for hydroxylation is 2. The van der Waals surface area contributed by atoms with Crippen LogP contribution in [0, 0.1) is 13.8 Å². The molecule has 2 amide bonds. The van der Waals surface area contributed by atoms with Crippen LogP contribution in [0.1, 0.15) is 22.3 Å². The number of hydrogen-bond acceptors (Lipinski definition) is 6. The molecule has 0 bridgehead atoms. The molecule has 0 unspecified atom stereocenters. The Hall–Kier alpha value is -3.62. The molecular weight excluding hydrogens is 428 g/mol. The molecule has 2 aromatic heterocycles. The molecule has 8 heteroatoms. The quantitative estimate of drug-likeness (QED) is 0.483. The van der Waals surface area contributed by atoms with Gasteiger partial charge in [-0.05, 0) is 74.5 Å². The van der Waals surface area contributed by atoms with Gasteiger partial charge in [-0.2, -0.15) is 0 Å². The predicted octanol–water partition coefficient (Wildman–Crippen LogP) is 3.23. The number of rotatable bonds is 10. The zero-order valence-corrected chi connectivity index (χ0v) is 20.2. The Kier molecular flexibility index (Phi) is 8.84. The SMILES string of the molecule is Cc1ccnc(NC(=O)CN(C)Cc2cccc(CN(C)CC(=O)Nc3cc(C)ccn3)c2)c1. The Morgan fingerprint density at radius 1 is 0.735 bits per heavy atom. The molecule has 178 valence electrons. The van der Waals surface area contributed by atoms with Gasteiger partial charge in [-0.3, -0.25) is 19.4 Å². The van der Waals surface area contributed by atoms with Gasteiger partial charge >= 0.3 is 0 Å². The first kappa shape index (κ1) is 25.0. The van der Waals surface area contributed by atoms with Gasteiger partial charge < -0.3 is 10.6 Å². The lowest BCUT2D eigenvalue weighted by Gasteiger charge is -2.19. The highest BCUT2D eigenvalue weighted by Crippen LogP contribution is 2.11. The molecule has 2 N–H and O–H groups in total. The minimum Gasteiger partial charge on any atom is -0.310 e. The Morgan fingerprint density at radius 3 is 1.59 bits per heavy atom. The number of carbonyl (C=O) groups is 2. The topological polar surface area (TPSA) is 90.5 Å². The molecule has 1 aromatic carbocycles. The molecule has 2 heterocycles. The first-order valence-electron chi connectivity index (χ1n) is 11.2. The molecule has 0 fully saturated rings. The van der Waals surface area contributed by atoms with Crippen LogP contribution in [0.2, 0.25) is 0 Å². The van der Waals surface area contributed by atoms with Crippen LogP contribution in [0.3, 0.4) is 0 Å². The van der Waals surface area contributed by atoms with Gasteiger partial charge in [0, 0.05) is 25.5 Å². The average Bonchev–Trinajstić information content (AvgIpc) is 2.73. The lowest BCUT2D eigenvalue weighted by atomic mass is 10.1. The van der Waals surface area contributed by atoms with Crippen molar-refractivity contribution >= 4 is 23.5 Å². The van der Waals surface area contributed by atoms with E-state index in [-0.39, 0.29) is 24.9 Å². The zero-order valence-electron chi connectivity index (χ0n) is 20.2. The highest BCUT2D eigenvalue weighted by molar-refractivity contribution is 5.91. The summed E-state index contributed by atoms with van der Waals surface area (Å²) in [6, 6.07) is 15.6. The number of benzene rings is 1. The lowest BCUT2D eigenvalue weighted by Crippen LogP contribution is -2.30. The van der Waals surface area contributed by atoms with Gasteiger partial charge in [0.2, 0.25) is 11.8 Å². The van der Waals surface area contributed by atoms with Crippen LogP contribution in [0.25, 0.3) is 0 Å². The first-order valence-corrected chi connectivity index (χ1v) is 11.2. The van der Waals surface area contributed by atoms with Crippen LogP contribution in [0.5, 0.6) is 0 Å². The van der Waals surface area contributed by atoms with E-state index >= 15 is 0 Å². The van der Waals surface area contributed by atoms with Crippen LogP contribution in [0.15, 0.2) is 60.9 Å². The maximum Gasteiger partial charge on any atom is 0.239 e. The van der Waals surface area contributed by atoms with Crippen molar-refractivity contribution in [1.82, 2.24) is 19.8 Å². The largest absolute Gasteiger partial charge is 0.310 e. The Bertz CT molecular complexity index is 1050. The maximum absolute atomic E-state index is 12.3. The number of anilines is 2. The Balaban J connectivity index is 1.47. The first-order chi connectivity index (χ1) is 16.3. The number of amides is 2. The molecule has 0 aliphatic heterocycles. The van der Waals surface area contributed by atoms with Crippen molar-refractivity contribution in [3.63, 3.8) is 0 Å². The van der Waals surface area contributed by atoms with Crippen molar-refractivity contribution in [1.29, 1.82) is 0 Å². The fraction of sp³-hybridized carbons (Fsp3) is 0.308. The van der Waals surface area contributed by atoms with E-state index in [1.807, 2.05) is 80.2 Å². The fourth-order valence-electron chi connectivity index (χ4n) is 3.63. The maximum atomic E-state index is 12.3. The summed E-state index contributed by atoms with van der Waals surface area (Å²) in [5, 5.41) is 5.67. The summed E-state index contributed by atoms with van der Waals surface area (Å²) in [6.07, 6.45) is 3.36. The molecule has 34 heavy (non-hydrogen) atoms. The minimum atomic E-state index is -0.106. The molecule has 0 radical (unpaired) electrons. The molecule has 0 aliphatic rings. The van der Waals surface area contributed by atoms with Gasteiger partial charge in [0.05, 0.1) is 13.1 Å². The zero-order chi connectivity index (χ0) is 24.5. The molecule has 3 aromatic rings. The molecule has 3 rings (SSSR count). The van der Waals surface area contributed by atoms with E-state index in [1.54, 1.807) is 12.4 Å². The third kappa shape index (κ3) is 8.38. The number of pyridine rings is 2. The number of likely N-dealkylation sites (N-methyl/N-ethyl adjacent to an activating group) is 2. The number of carbonyl (C=O) groups excluding carboxylic acids is 2. The lowest BCUT2D eigenvalue weighted by molar-refractivity contribution is -0.118. The Morgan fingerprint density at radius 2 is 1.18 bits per heavy atom. The van der Waals surface area contributed by atoms with Crippen molar-refractivity contribution < 1.29 is 9.59 Å². The normalized spacial score (nSPS) is 11.0. The smallest absolute Gasteiger partial charge is 0.239 e. The summed E-state index contributed by atoms with van der Waals surface area (Å²) in [5.74, 6) is 0.910. The minimum absolute atomic E-state index is 0.106. The van der Waals surface area contributed by atoms with Gasteiger partial charge in [-0.15, -0.1) is 0 Å². The fourth-order valence-corrected chi connectivity index (χ4v) is 3.63. The van der Waals surface area contributed by atoms with Gasteiger partial charge in [0.25, 0.3) is 0 Å². The Labute approximate surface area is 201 Å². The molecule has 0 saturated heterocycles. The standard InChI is InChI=1S/C26H32N6O2/c1-19-8-10-27-23(12-19)29-25(33)17-31(3)15-21-6-5-7-22(14-21)16-32(4)18-26(34)30-24-13-20(2)9-11-28-24/h5-14H,15-18H2,1-4H3,(H,27,29,33)(H,28,30,34). The predicted molar refractivity (Wildman–Crippen MR) is 134 cm³/mol. The van der Waals surface area contributed by atoms with Crippen LogP contribution in [0.4, 0.5) is 11.6 Å². The van der Waals surface area contributed by atoms with Crippen molar-refractivity contribution in [2.45, 2.75) is 26.9 Å². The second-order valence-corrected chi connectivity index (χ2v) is 8.70. The van der Waals surface area contributed by atoms with Gasteiger partial charge in [0.1, 0.15) is 11.6 Å². The average molecular weight is 461 g/mol. The second kappa shape index (κ2) is 12.0. The van der Waals surface area contributed by atoms with E-state index in [1.165, 1.54) is 0 Å². The van der Waals surface area contributed by atoms with E-state index < -0.39 is 0 Å². The summed E-state index contributed by atoms with van der Waals surface area (Å²) in [6.45, 7) is 5.70. The van der Waals surface area contributed by atoms with E-state index in [4.69, 9.17) is 0 Å². The van der Waals surface area contributed by atoms with Crippen molar-refractivity contribution in [3.8, 4) is 0 Å². The van der Waals surface area contributed by atoms with Crippen molar-refractivity contribution in [2.24, 2.45) is 0 Å². The molecule has 0 saturated carbocycles. The summed E-state index contributed by atoms with van der Waals surface area (Å²) in [7, 11) is 3.82. The summed E-state index contributed by atoms with van der Waals surface area (Å²) >= 11 is 0. The monoisotopic (exact) mass is 460 g/mol. The highest BCUT2D eigenvalue weighted by atomic mass is 16.2. The van der Waals surface area contributed by atoms with Crippen LogP contribution in [-0.2, 0) is 22.7 Å². The summed E-state index contributed by atoms with van der Waals surface area (Å²) < 4.78 is 0. The number of hydrogen-bond donors (Lipinski definition) is 2. The van der Waals surface area contributed by atoms with Crippen LogP contribution in [-0.4, -0.2) is 58.8 Å². The second-order valence-electron chi connectivity index (χ2n) is 8.70.